The second-order valence-electron chi connectivity index (χ2n) is 9.09. The fourth-order valence-corrected chi connectivity index (χ4v) is 5.09. The molecule has 6 heteroatoms. The highest BCUT2D eigenvalue weighted by molar-refractivity contribution is 7.18. The van der Waals surface area contributed by atoms with E-state index in [4.69, 9.17) is 4.74 Å². The summed E-state index contributed by atoms with van der Waals surface area (Å²) in [7, 11) is 0. The van der Waals surface area contributed by atoms with Crippen LogP contribution < -0.4 is 0 Å². The third-order valence-corrected chi connectivity index (χ3v) is 6.74. The average Bonchev–Trinajstić information content (AvgIpc) is 3.03. The molecule has 0 radical (unpaired) electrons. The first-order valence-corrected chi connectivity index (χ1v) is 11.6. The van der Waals surface area contributed by atoms with Crippen molar-refractivity contribution in [1.29, 1.82) is 0 Å². The number of carbonyl (C=O) groups is 1. The van der Waals surface area contributed by atoms with Crippen molar-refractivity contribution in [1.82, 2.24) is 14.8 Å². The first-order valence-electron chi connectivity index (χ1n) is 10.7. The van der Waals surface area contributed by atoms with Gasteiger partial charge in [-0.05, 0) is 65.2 Å². The van der Waals surface area contributed by atoms with E-state index in [9.17, 15) is 4.79 Å². The van der Waals surface area contributed by atoms with Crippen molar-refractivity contribution in [2.24, 2.45) is 0 Å². The maximum atomic E-state index is 12.8. The molecule has 160 valence electrons. The van der Waals surface area contributed by atoms with E-state index in [1.807, 2.05) is 25.7 Å². The van der Waals surface area contributed by atoms with Gasteiger partial charge in [0, 0.05) is 31.2 Å². The van der Waals surface area contributed by atoms with Crippen molar-refractivity contribution >= 4 is 27.6 Å². The lowest BCUT2D eigenvalue weighted by atomic mass is 9.97. The van der Waals surface area contributed by atoms with Gasteiger partial charge in [0.25, 0.3) is 0 Å². The fraction of sp³-hybridized carbons (Fsp3) is 0.652. The van der Waals surface area contributed by atoms with Crippen LogP contribution in [0.1, 0.15) is 71.0 Å². The number of thiazole rings is 1. The van der Waals surface area contributed by atoms with Gasteiger partial charge in [0.05, 0.1) is 15.2 Å². The molecular weight excluding hydrogens is 382 g/mol. The SMILES string of the molecule is CC[C@H]1CN(C(C)c2ccc3nc(C)sc3c2)[C@H](CC)CN1C(=O)OC(C)(C)C. The molecule has 0 N–H and O–H groups in total. The molecule has 5 nitrogen and oxygen atoms in total. The number of aryl methyl sites for hydroxylation is 1. The molecule has 0 saturated carbocycles. The molecule has 1 aromatic carbocycles. The Morgan fingerprint density at radius 1 is 1.24 bits per heavy atom. The Balaban J connectivity index is 1.82. The van der Waals surface area contributed by atoms with Gasteiger partial charge < -0.3 is 9.64 Å². The second-order valence-corrected chi connectivity index (χ2v) is 10.3. The number of nitrogens with zero attached hydrogens (tertiary/aromatic N) is 3. The van der Waals surface area contributed by atoms with Gasteiger partial charge in [-0.25, -0.2) is 9.78 Å². The smallest absolute Gasteiger partial charge is 0.410 e. The Morgan fingerprint density at radius 3 is 2.55 bits per heavy atom. The first kappa shape index (κ1) is 22.0. The van der Waals surface area contributed by atoms with Crippen molar-refractivity contribution in [3.8, 4) is 0 Å². The standard InChI is InChI=1S/C23H35N3O2S/c1-8-18-14-26(22(27)28-23(5,6)7)19(9-2)13-25(18)15(3)17-10-11-20-21(12-17)29-16(4)24-20/h10-12,15,18-19H,8-9,13-14H2,1-7H3/t15?,18-,19+/m1/s1. The van der Waals surface area contributed by atoms with Crippen LogP contribution in [0.3, 0.4) is 0 Å². The number of rotatable bonds is 4. The van der Waals surface area contributed by atoms with Crippen molar-refractivity contribution in [2.75, 3.05) is 13.1 Å². The van der Waals surface area contributed by atoms with Crippen LogP contribution in [-0.2, 0) is 4.74 Å². The predicted molar refractivity (Wildman–Crippen MR) is 121 cm³/mol. The number of hydrogen-bond donors (Lipinski definition) is 0. The normalized spacial score (nSPS) is 22.1. The lowest BCUT2D eigenvalue weighted by Gasteiger charge is -2.48. The minimum absolute atomic E-state index is 0.171. The molecule has 2 aromatic rings. The minimum atomic E-state index is -0.468. The number of hydrogen-bond acceptors (Lipinski definition) is 5. The largest absolute Gasteiger partial charge is 0.444 e. The third kappa shape index (κ3) is 4.92. The van der Waals surface area contributed by atoms with E-state index in [0.717, 1.165) is 36.5 Å². The zero-order chi connectivity index (χ0) is 21.3. The molecule has 1 fully saturated rings. The van der Waals surface area contributed by atoms with Crippen LogP contribution in [0, 0.1) is 6.92 Å². The van der Waals surface area contributed by atoms with E-state index in [2.05, 4.69) is 55.8 Å². The highest BCUT2D eigenvalue weighted by atomic mass is 32.1. The highest BCUT2D eigenvalue weighted by Gasteiger charge is 2.38. The maximum absolute atomic E-state index is 12.8. The van der Waals surface area contributed by atoms with E-state index in [0.29, 0.717) is 12.1 Å². The Hall–Kier alpha value is -1.66. The molecule has 1 amide bonds. The lowest BCUT2D eigenvalue weighted by molar-refractivity contribution is -0.0268. The monoisotopic (exact) mass is 417 g/mol. The topological polar surface area (TPSA) is 45.7 Å². The molecule has 2 heterocycles. The molecule has 1 unspecified atom stereocenters. The molecular formula is C23H35N3O2S. The van der Waals surface area contributed by atoms with Gasteiger partial charge in [-0.2, -0.15) is 0 Å². The number of fused-ring (bicyclic) bond motifs is 1. The summed E-state index contributed by atoms with van der Waals surface area (Å²) in [6, 6.07) is 7.42. The van der Waals surface area contributed by atoms with Crippen molar-refractivity contribution in [3.63, 3.8) is 0 Å². The first-order chi connectivity index (χ1) is 13.6. The van der Waals surface area contributed by atoms with Crippen molar-refractivity contribution in [3.05, 3.63) is 28.8 Å². The van der Waals surface area contributed by atoms with Gasteiger partial charge in [0.15, 0.2) is 0 Å². The predicted octanol–water partition coefficient (Wildman–Crippen LogP) is 5.78. The quantitative estimate of drug-likeness (QED) is 0.633. The summed E-state index contributed by atoms with van der Waals surface area (Å²) in [5.74, 6) is 0. The van der Waals surface area contributed by atoms with Crippen LogP contribution in [0.5, 0.6) is 0 Å². The molecule has 1 aromatic heterocycles. The van der Waals surface area contributed by atoms with E-state index >= 15 is 0 Å². The van der Waals surface area contributed by atoms with Crippen LogP contribution in [0.2, 0.25) is 0 Å². The summed E-state index contributed by atoms with van der Waals surface area (Å²) >= 11 is 1.75. The Kier molecular flexibility index (Phi) is 6.54. The van der Waals surface area contributed by atoms with Gasteiger partial charge >= 0.3 is 6.09 Å². The summed E-state index contributed by atoms with van der Waals surface area (Å²) in [6.07, 6.45) is 1.74. The number of piperazine rings is 1. The van der Waals surface area contributed by atoms with Crippen LogP contribution >= 0.6 is 11.3 Å². The fourth-order valence-electron chi connectivity index (χ4n) is 4.21. The molecule has 29 heavy (non-hydrogen) atoms. The van der Waals surface area contributed by atoms with Crippen LogP contribution in [0.15, 0.2) is 18.2 Å². The summed E-state index contributed by atoms with van der Waals surface area (Å²) in [5, 5.41) is 1.10. The highest BCUT2D eigenvalue weighted by Crippen LogP contribution is 2.32. The van der Waals surface area contributed by atoms with Gasteiger partial charge in [-0.15, -0.1) is 11.3 Å². The Labute approximate surface area is 179 Å². The van der Waals surface area contributed by atoms with Gasteiger partial charge in [0.2, 0.25) is 0 Å². The van der Waals surface area contributed by atoms with Crippen molar-refractivity contribution in [2.45, 2.75) is 85.0 Å². The van der Waals surface area contributed by atoms with Crippen LogP contribution in [0.25, 0.3) is 10.2 Å². The van der Waals surface area contributed by atoms with Gasteiger partial charge in [-0.1, -0.05) is 19.9 Å². The molecule has 1 aliphatic rings. The average molecular weight is 418 g/mol. The number of ether oxygens (including phenoxy) is 1. The van der Waals surface area contributed by atoms with Crippen molar-refractivity contribution < 1.29 is 9.53 Å². The molecule has 1 saturated heterocycles. The van der Waals surface area contributed by atoms with E-state index in [1.165, 1.54) is 10.3 Å². The summed E-state index contributed by atoms with van der Waals surface area (Å²) < 4.78 is 6.95. The maximum Gasteiger partial charge on any atom is 0.410 e. The second kappa shape index (κ2) is 8.60. The number of benzene rings is 1. The minimum Gasteiger partial charge on any atom is -0.444 e. The van der Waals surface area contributed by atoms with Crippen LogP contribution in [-0.4, -0.2) is 51.7 Å². The van der Waals surface area contributed by atoms with E-state index < -0.39 is 5.60 Å². The van der Waals surface area contributed by atoms with E-state index in [-0.39, 0.29) is 12.1 Å². The molecule has 0 spiro atoms. The number of carbonyl (C=O) groups excluding carboxylic acids is 1. The van der Waals surface area contributed by atoms with Gasteiger partial charge in [0.1, 0.15) is 5.60 Å². The van der Waals surface area contributed by atoms with Gasteiger partial charge in [-0.3, -0.25) is 4.90 Å². The van der Waals surface area contributed by atoms with Crippen LogP contribution in [0.4, 0.5) is 4.79 Å². The lowest BCUT2D eigenvalue weighted by Crippen LogP contribution is -2.60. The molecule has 3 rings (SSSR count). The molecule has 0 aliphatic carbocycles. The van der Waals surface area contributed by atoms with E-state index in [1.54, 1.807) is 11.3 Å². The summed E-state index contributed by atoms with van der Waals surface area (Å²) in [6.45, 7) is 16.1. The molecule has 3 atom stereocenters. The number of aromatic nitrogens is 1. The third-order valence-electron chi connectivity index (χ3n) is 5.81. The Bertz CT molecular complexity index is 857. The zero-order valence-electron chi connectivity index (χ0n) is 18.9. The number of amides is 1. The summed E-state index contributed by atoms with van der Waals surface area (Å²) in [5.41, 5.74) is 1.93. The zero-order valence-corrected chi connectivity index (χ0v) is 19.7. The molecule has 1 aliphatic heterocycles. The molecule has 0 bridgehead atoms. The summed E-state index contributed by atoms with van der Waals surface area (Å²) in [4.78, 5) is 21.9. The Morgan fingerprint density at radius 2 is 1.93 bits per heavy atom.